The van der Waals surface area contributed by atoms with E-state index < -0.39 is 0 Å². The molecule has 0 saturated heterocycles. The van der Waals surface area contributed by atoms with Gasteiger partial charge in [0, 0.05) is 14.8 Å². The summed E-state index contributed by atoms with van der Waals surface area (Å²) in [7, 11) is 0. The molecule has 92 valence electrons. The molecule has 4 heteroatoms. The molecule has 1 amide bonds. The molecule has 3 nitrogen and oxygen atoms in total. The summed E-state index contributed by atoms with van der Waals surface area (Å²) in [5.74, 6) is 0.0436. The van der Waals surface area contributed by atoms with Gasteiger partial charge in [0.2, 0.25) is 0 Å². The van der Waals surface area contributed by atoms with Crippen molar-refractivity contribution in [3.63, 3.8) is 0 Å². The molecule has 0 saturated carbocycles. The van der Waals surface area contributed by atoms with Crippen molar-refractivity contribution in [2.45, 2.75) is 6.92 Å². The maximum Gasteiger partial charge on any atom is 0.255 e. The van der Waals surface area contributed by atoms with Crippen LogP contribution in [0.3, 0.4) is 0 Å². The summed E-state index contributed by atoms with van der Waals surface area (Å²) in [5, 5.41) is 12.1. The molecule has 2 N–H and O–H groups in total. The van der Waals surface area contributed by atoms with Crippen molar-refractivity contribution < 1.29 is 9.90 Å². The van der Waals surface area contributed by atoms with E-state index in [1.165, 1.54) is 0 Å². The number of phenols is 1. The van der Waals surface area contributed by atoms with Gasteiger partial charge in [-0.3, -0.25) is 4.79 Å². The van der Waals surface area contributed by atoms with E-state index in [1.54, 1.807) is 24.3 Å². The first kappa shape index (κ1) is 12.9. The molecule has 0 aliphatic heterocycles. The number of aryl methyl sites for hydroxylation is 1. The molecule has 0 spiro atoms. The van der Waals surface area contributed by atoms with Crippen LogP contribution < -0.4 is 5.32 Å². The average molecular weight is 353 g/mol. The molecule has 0 bridgehead atoms. The molecule has 0 heterocycles. The molecule has 2 aromatic carbocycles. The number of aromatic hydroxyl groups is 1. The fourth-order valence-corrected chi connectivity index (χ4v) is 2.16. The summed E-state index contributed by atoms with van der Waals surface area (Å²) in [6.07, 6.45) is 0. The molecule has 0 aliphatic rings. The third-order valence-electron chi connectivity index (χ3n) is 2.54. The Morgan fingerprint density at radius 1 is 1.22 bits per heavy atom. The van der Waals surface area contributed by atoms with E-state index in [1.807, 2.05) is 25.1 Å². The van der Waals surface area contributed by atoms with Gasteiger partial charge in [-0.15, -0.1) is 0 Å². The zero-order valence-electron chi connectivity index (χ0n) is 9.77. The average Bonchev–Trinajstić information content (AvgIpc) is 2.32. The van der Waals surface area contributed by atoms with E-state index in [-0.39, 0.29) is 11.7 Å². The van der Waals surface area contributed by atoms with Gasteiger partial charge in [0.15, 0.2) is 0 Å². The summed E-state index contributed by atoms with van der Waals surface area (Å²) in [4.78, 5) is 12.0. The largest absolute Gasteiger partial charge is 0.508 e. The minimum atomic E-state index is -0.151. The number of anilines is 1. The minimum absolute atomic E-state index is 0.151. The zero-order chi connectivity index (χ0) is 13.1. The summed E-state index contributed by atoms with van der Waals surface area (Å²) in [5.41, 5.74) is 2.15. The van der Waals surface area contributed by atoms with E-state index in [4.69, 9.17) is 0 Å². The van der Waals surface area contributed by atoms with Gasteiger partial charge in [0.05, 0.1) is 0 Å². The topological polar surface area (TPSA) is 49.3 Å². The molecule has 0 fully saturated rings. The van der Waals surface area contributed by atoms with Gasteiger partial charge in [-0.05, 0) is 71.5 Å². The van der Waals surface area contributed by atoms with Gasteiger partial charge < -0.3 is 10.4 Å². The van der Waals surface area contributed by atoms with Crippen molar-refractivity contribution in [3.05, 3.63) is 57.2 Å². The van der Waals surface area contributed by atoms with Crippen LogP contribution in [0.1, 0.15) is 15.9 Å². The number of rotatable bonds is 2. The van der Waals surface area contributed by atoms with Crippen LogP contribution in [0, 0.1) is 10.5 Å². The molecule has 2 aromatic rings. The second-order valence-electron chi connectivity index (χ2n) is 3.96. The molecule has 0 aromatic heterocycles. The molecule has 0 atom stereocenters. The summed E-state index contributed by atoms with van der Waals surface area (Å²) in [6.45, 7) is 1.84. The van der Waals surface area contributed by atoms with E-state index in [0.717, 1.165) is 9.13 Å². The number of carbonyl (C=O) groups is 1. The third kappa shape index (κ3) is 3.01. The van der Waals surface area contributed by atoms with Crippen LogP contribution in [-0.2, 0) is 0 Å². The lowest BCUT2D eigenvalue weighted by Gasteiger charge is -2.08. The fraction of sp³-hybridized carbons (Fsp3) is 0.0714. The first-order valence-corrected chi connectivity index (χ1v) is 6.50. The Balaban J connectivity index is 2.21. The van der Waals surface area contributed by atoms with Crippen LogP contribution in [0.5, 0.6) is 5.75 Å². The third-order valence-corrected chi connectivity index (χ3v) is 3.22. The van der Waals surface area contributed by atoms with E-state index >= 15 is 0 Å². The Labute approximate surface area is 119 Å². The van der Waals surface area contributed by atoms with Crippen LogP contribution in [-0.4, -0.2) is 11.0 Å². The number of benzene rings is 2. The molecule has 0 radical (unpaired) electrons. The van der Waals surface area contributed by atoms with E-state index in [9.17, 15) is 9.90 Å². The zero-order valence-corrected chi connectivity index (χ0v) is 11.9. The predicted octanol–water partition coefficient (Wildman–Crippen LogP) is 3.56. The highest BCUT2D eigenvalue weighted by Crippen LogP contribution is 2.21. The Hall–Kier alpha value is -1.56. The first-order chi connectivity index (χ1) is 8.56. The lowest BCUT2D eigenvalue weighted by Crippen LogP contribution is -2.12. The standard InChI is InChI=1S/C14H12INO2/c1-9-7-12(17)5-6-13(9)16-14(18)10-3-2-4-11(15)8-10/h2-8,17H,1H3,(H,16,18). The SMILES string of the molecule is Cc1cc(O)ccc1NC(=O)c1cccc(I)c1. The van der Waals surface area contributed by atoms with Gasteiger partial charge in [-0.25, -0.2) is 0 Å². The number of halogens is 1. The summed E-state index contributed by atoms with van der Waals surface area (Å²) >= 11 is 2.17. The van der Waals surface area contributed by atoms with Gasteiger partial charge in [0.25, 0.3) is 5.91 Å². The number of hydrogen-bond donors (Lipinski definition) is 2. The van der Waals surface area contributed by atoms with Crippen LogP contribution in [0.4, 0.5) is 5.69 Å². The number of phenolic OH excluding ortho intramolecular Hbond substituents is 1. The normalized spacial score (nSPS) is 10.1. The van der Waals surface area contributed by atoms with Crippen molar-refractivity contribution >= 4 is 34.2 Å². The van der Waals surface area contributed by atoms with Crippen molar-refractivity contribution in [2.75, 3.05) is 5.32 Å². The molecular weight excluding hydrogens is 341 g/mol. The van der Waals surface area contributed by atoms with Crippen molar-refractivity contribution in [3.8, 4) is 5.75 Å². The lowest BCUT2D eigenvalue weighted by atomic mass is 10.1. The molecular formula is C14H12INO2. The Morgan fingerprint density at radius 3 is 2.67 bits per heavy atom. The van der Waals surface area contributed by atoms with E-state index in [2.05, 4.69) is 27.9 Å². The highest BCUT2D eigenvalue weighted by atomic mass is 127. The summed E-state index contributed by atoms with van der Waals surface area (Å²) < 4.78 is 1.02. The second-order valence-corrected chi connectivity index (χ2v) is 5.21. The molecule has 18 heavy (non-hydrogen) atoms. The predicted molar refractivity (Wildman–Crippen MR) is 80.0 cm³/mol. The van der Waals surface area contributed by atoms with Gasteiger partial charge in [0.1, 0.15) is 5.75 Å². The smallest absolute Gasteiger partial charge is 0.255 e. The van der Waals surface area contributed by atoms with Gasteiger partial charge in [-0.2, -0.15) is 0 Å². The monoisotopic (exact) mass is 353 g/mol. The van der Waals surface area contributed by atoms with Crippen molar-refractivity contribution in [1.29, 1.82) is 0 Å². The highest BCUT2D eigenvalue weighted by molar-refractivity contribution is 14.1. The second kappa shape index (κ2) is 5.39. The van der Waals surface area contributed by atoms with Crippen molar-refractivity contribution in [1.82, 2.24) is 0 Å². The molecule has 2 rings (SSSR count). The van der Waals surface area contributed by atoms with Crippen LogP contribution in [0.25, 0.3) is 0 Å². The van der Waals surface area contributed by atoms with Gasteiger partial charge in [-0.1, -0.05) is 6.07 Å². The Bertz CT molecular complexity index is 596. The molecule has 0 unspecified atom stereocenters. The minimum Gasteiger partial charge on any atom is -0.508 e. The number of hydrogen-bond acceptors (Lipinski definition) is 2. The summed E-state index contributed by atoms with van der Waals surface area (Å²) in [6, 6.07) is 12.2. The quantitative estimate of drug-likeness (QED) is 0.641. The van der Waals surface area contributed by atoms with Crippen LogP contribution in [0.15, 0.2) is 42.5 Å². The lowest BCUT2D eigenvalue weighted by molar-refractivity contribution is 0.102. The maximum atomic E-state index is 12.0. The maximum absolute atomic E-state index is 12.0. The fourth-order valence-electron chi connectivity index (χ4n) is 1.61. The Kier molecular flexibility index (Phi) is 3.86. The number of nitrogens with one attached hydrogen (secondary N) is 1. The van der Waals surface area contributed by atoms with Crippen LogP contribution >= 0.6 is 22.6 Å². The molecule has 0 aliphatic carbocycles. The van der Waals surface area contributed by atoms with Crippen molar-refractivity contribution in [2.24, 2.45) is 0 Å². The number of carbonyl (C=O) groups excluding carboxylic acids is 1. The highest BCUT2D eigenvalue weighted by Gasteiger charge is 2.08. The van der Waals surface area contributed by atoms with Crippen LogP contribution in [0.2, 0.25) is 0 Å². The first-order valence-electron chi connectivity index (χ1n) is 5.43. The van der Waals surface area contributed by atoms with Gasteiger partial charge >= 0.3 is 0 Å². The Morgan fingerprint density at radius 2 is 2.00 bits per heavy atom. The van der Waals surface area contributed by atoms with E-state index in [0.29, 0.717) is 11.3 Å². The number of amides is 1.